The van der Waals surface area contributed by atoms with E-state index in [1.54, 1.807) is 12.4 Å². The zero-order valence-corrected chi connectivity index (χ0v) is 13.5. The molecule has 4 nitrogen and oxygen atoms in total. The summed E-state index contributed by atoms with van der Waals surface area (Å²) < 4.78 is 0. The summed E-state index contributed by atoms with van der Waals surface area (Å²) in [4.78, 5) is 6.65. The van der Waals surface area contributed by atoms with Crippen LogP contribution in [0.5, 0.6) is 0 Å². The Labute approximate surface area is 134 Å². The first-order valence-corrected chi connectivity index (χ1v) is 8.34. The molecule has 0 atom stereocenters. The van der Waals surface area contributed by atoms with Crippen LogP contribution < -0.4 is 10.6 Å². The molecule has 4 heterocycles. The van der Waals surface area contributed by atoms with Gasteiger partial charge in [0.25, 0.3) is 0 Å². The van der Waals surface area contributed by atoms with E-state index in [-0.39, 0.29) is 0 Å². The van der Waals surface area contributed by atoms with Crippen molar-refractivity contribution in [2.45, 2.75) is 32.1 Å². The van der Waals surface area contributed by atoms with Crippen molar-refractivity contribution < 1.29 is 0 Å². The van der Waals surface area contributed by atoms with Crippen LogP contribution >= 0.6 is 0 Å². The summed E-state index contributed by atoms with van der Waals surface area (Å²) in [5.41, 5.74) is 0. The van der Waals surface area contributed by atoms with E-state index in [0.29, 0.717) is 0 Å². The van der Waals surface area contributed by atoms with Crippen molar-refractivity contribution in [3.63, 3.8) is 0 Å². The molecule has 0 amide bonds. The van der Waals surface area contributed by atoms with Gasteiger partial charge in [-0.15, -0.1) is 0 Å². The first-order chi connectivity index (χ1) is 11.0. The van der Waals surface area contributed by atoms with Crippen LogP contribution in [-0.2, 0) is 0 Å². The average Bonchev–Trinajstić information content (AvgIpc) is 3.37. The third-order valence-electron chi connectivity index (χ3n) is 3.23. The van der Waals surface area contributed by atoms with E-state index in [0.717, 1.165) is 0 Å². The van der Waals surface area contributed by atoms with Gasteiger partial charge in [0.15, 0.2) is 0 Å². The number of nitrogens with zero attached hydrogens (tertiary/aromatic N) is 1. The molecule has 0 aromatic carbocycles. The Morgan fingerprint density at radius 2 is 1.05 bits per heavy atom. The maximum atomic E-state index is 3.78. The van der Waals surface area contributed by atoms with Crippen LogP contribution in [0.2, 0.25) is 0 Å². The van der Waals surface area contributed by atoms with E-state index in [1.807, 2.05) is 42.7 Å². The Morgan fingerprint density at radius 3 is 1.23 bits per heavy atom. The lowest BCUT2D eigenvalue weighted by atomic mass is 10.2. The lowest BCUT2D eigenvalue weighted by Gasteiger charge is -2.08. The minimum absolute atomic E-state index is 1.25. The fourth-order valence-electron chi connectivity index (χ4n) is 2.02. The predicted octanol–water partition coefficient (Wildman–Crippen LogP) is 3.23. The van der Waals surface area contributed by atoms with Crippen LogP contribution in [0.3, 0.4) is 0 Å². The molecule has 2 aliphatic heterocycles. The van der Waals surface area contributed by atoms with Crippen molar-refractivity contribution in [3.8, 4) is 0 Å². The number of pyridine rings is 1. The summed E-state index contributed by atoms with van der Waals surface area (Å²) in [5.74, 6) is 0. The highest BCUT2D eigenvalue weighted by atomic mass is 14.9. The summed E-state index contributed by atoms with van der Waals surface area (Å²) in [7, 11) is 0. The Morgan fingerprint density at radius 1 is 0.545 bits per heavy atom. The lowest BCUT2D eigenvalue weighted by molar-refractivity contribution is 0.520. The standard InChI is InChI=1S/C5H11N.C5H5N.C4H9N.C4H5N/c2*1-2-4-6-5-3-1;2*1-2-4-5-3-1/h6H,1-5H2;1-5H;5H,1-4H2;1-5H. The van der Waals surface area contributed by atoms with Crippen molar-refractivity contribution in [1.29, 1.82) is 0 Å². The molecule has 0 aliphatic carbocycles. The van der Waals surface area contributed by atoms with Gasteiger partial charge in [0.2, 0.25) is 0 Å². The van der Waals surface area contributed by atoms with Crippen LogP contribution in [0.1, 0.15) is 32.1 Å². The van der Waals surface area contributed by atoms with E-state index in [1.165, 1.54) is 58.3 Å². The van der Waals surface area contributed by atoms with Gasteiger partial charge in [0, 0.05) is 24.8 Å². The molecule has 22 heavy (non-hydrogen) atoms. The Hall–Kier alpha value is -1.65. The quantitative estimate of drug-likeness (QED) is 0.700. The number of aromatic nitrogens is 2. The summed E-state index contributed by atoms with van der Waals surface area (Å²) in [6.45, 7) is 5.00. The largest absolute Gasteiger partial charge is 0.368 e. The molecule has 4 heteroatoms. The predicted molar refractivity (Wildman–Crippen MR) is 93.9 cm³/mol. The zero-order chi connectivity index (χ0) is 15.6. The number of nitrogens with one attached hydrogen (secondary N) is 3. The van der Waals surface area contributed by atoms with Crippen LogP contribution in [0.25, 0.3) is 0 Å². The van der Waals surface area contributed by atoms with E-state index >= 15 is 0 Å². The van der Waals surface area contributed by atoms with Gasteiger partial charge < -0.3 is 15.6 Å². The monoisotopic (exact) mass is 302 g/mol. The molecule has 0 spiro atoms. The van der Waals surface area contributed by atoms with Gasteiger partial charge >= 0.3 is 0 Å². The number of hydrogen-bond acceptors (Lipinski definition) is 3. The molecule has 2 saturated heterocycles. The topological polar surface area (TPSA) is 52.7 Å². The molecule has 2 aromatic rings. The molecule has 0 radical (unpaired) electrons. The summed E-state index contributed by atoms with van der Waals surface area (Å²) in [6, 6.07) is 9.60. The molecular formula is C18H30N4. The molecule has 122 valence electrons. The Bertz CT molecular complexity index is 318. The molecule has 0 saturated carbocycles. The van der Waals surface area contributed by atoms with Gasteiger partial charge in [-0.3, -0.25) is 4.98 Å². The fourth-order valence-corrected chi connectivity index (χ4v) is 2.02. The zero-order valence-electron chi connectivity index (χ0n) is 13.5. The minimum Gasteiger partial charge on any atom is -0.368 e. The van der Waals surface area contributed by atoms with Gasteiger partial charge in [-0.2, -0.15) is 0 Å². The van der Waals surface area contributed by atoms with Crippen molar-refractivity contribution in [1.82, 2.24) is 20.6 Å². The van der Waals surface area contributed by atoms with Gasteiger partial charge in [-0.1, -0.05) is 12.5 Å². The first-order valence-electron chi connectivity index (χ1n) is 8.34. The van der Waals surface area contributed by atoms with E-state index < -0.39 is 0 Å². The van der Waals surface area contributed by atoms with Crippen molar-refractivity contribution in [2.75, 3.05) is 26.2 Å². The average molecular weight is 302 g/mol. The van der Waals surface area contributed by atoms with E-state index in [9.17, 15) is 0 Å². The highest BCUT2D eigenvalue weighted by Crippen LogP contribution is 1.96. The molecule has 0 unspecified atom stereocenters. The van der Waals surface area contributed by atoms with Crippen LogP contribution in [0, 0.1) is 0 Å². The smallest absolute Gasteiger partial charge is 0.0267 e. The molecule has 4 rings (SSSR count). The number of rotatable bonds is 0. The number of H-pyrrole nitrogens is 1. The van der Waals surface area contributed by atoms with Crippen molar-refractivity contribution >= 4 is 0 Å². The molecule has 2 fully saturated rings. The molecule has 2 aromatic heterocycles. The second-order valence-electron chi connectivity index (χ2n) is 5.18. The third-order valence-corrected chi connectivity index (χ3v) is 3.23. The van der Waals surface area contributed by atoms with Gasteiger partial charge in [0.05, 0.1) is 0 Å². The number of hydrogen-bond donors (Lipinski definition) is 3. The molecule has 2 aliphatic rings. The highest BCUT2D eigenvalue weighted by molar-refractivity contribution is 4.88. The van der Waals surface area contributed by atoms with Crippen LogP contribution in [0.4, 0.5) is 0 Å². The van der Waals surface area contributed by atoms with Crippen LogP contribution in [-0.4, -0.2) is 36.1 Å². The number of aromatic amines is 1. The Balaban J connectivity index is 0.000000147. The number of piperidine rings is 1. The highest BCUT2D eigenvalue weighted by Gasteiger charge is 1.94. The SMILES string of the molecule is C1CCNC1.C1CCNCC1.c1cc[nH]c1.c1ccncc1. The summed E-state index contributed by atoms with van der Waals surface area (Å²) >= 11 is 0. The Kier molecular flexibility index (Phi) is 13.2. The van der Waals surface area contributed by atoms with E-state index in [4.69, 9.17) is 0 Å². The second kappa shape index (κ2) is 15.7. The van der Waals surface area contributed by atoms with E-state index in [2.05, 4.69) is 20.6 Å². The molecule has 0 bridgehead atoms. The maximum Gasteiger partial charge on any atom is 0.0267 e. The maximum absolute atomic E-state index is 3.78. The molecular weight excluding hydrogens is 272 g/mol. The third kappa shape index (κ3) is 13.3. The van der Waals surface area contributed by atoms with Gasteiger partial charge in [0.1, 0.15) is 0 Å². The normalized spacial score (nSPS) is 16.0. The van der Waals surface area contributed by atoms with Gasteiger partial charge in [-0.25, -0.2) is 0 Å². The summed E-state index contributed by atoms with van der Waals surface area (Å²) in [6.07, 6.45) is 14.2. The fraction of sp³-hybridized carbons (Fsp3) is 0.500. The minimum atomic E-state index is 1.25. The first kappa shape index (κ1) is 18.4. The molecule has 3 N–H and O–H groups in total. The second-order valence-corrected chi connectivity index (χ2v) is 5.18. The van der Waals surface area contributed by atoms with Crippen molar-refractivity contribution in [3.05, 3.63) is 55.1 Å². The van der Waals surface area contributed by atoms with Crippen LogP contribution in [0.15, 0.2) is 55.1 Å². The lowest BCUT2D eigenvalue weighted by Crippen LogP contribution is -2.21. The van der Waals surface area contributed by atoms with Crippen molar-refractivity contribution in [2.24, 2.45) is 0 Å². The summed E-state index contributed by atoms with van der Waals surface area (Å²) in [5, 5.41) is 6.51. The van der Waals surface area contributed by atoms with Gasteiger partial charge in [-0.05, 0) is 76.1 Å².